The van der Waals surface area contributed by atoms with Gasteiger partial charge in [0.15, 0.2) is 0 Å². The highest BCUT2D eigenvalue weighted by molar-refractivity contribution is 5.67. The first-order valence-electron chi connectivity index (χ1n) is 6.76. The maximum atomic E-state index is 10.1. The molecule has 1 aromatic carbocycles. The van der Waals surface area contributed by atoms with Crippen molar-refractivity contribution in [2.75, 3.05) is 0 Å². The Labute approximate surface area is 108 Å². The lowest BCUT2D eigenvalue weighted by Gasteiger charge is -2.38. The Hall–Kier alpha value is -1.28. The van der Waals surface area contributed by atoms with Gasteiger partial charge >= 0.3 is 0 Å². The summed E-state index contributed by atoms with van der Waals surface area (Å²) in [6.07, 6.45) is 6.23. The van der Waals surface area contributed by atoms with Crippen molar-refractivity contribution in [3.63, 3.8) is 0 Å². The highest BCUT2D eigenvalue weighted by atomic mass is 16.3. The van der Waals surface area contributed by atoms with Crippen molar-refractivity contribution in [1.82, 2.24) is 0 Å². The second-order valence-corrected chi connectivity index (χ2v) is 5.98. The molecule has 2 aliphatic rings. The summed E-state index contributed by atoms with van der Waals surface area (Å²) < 4.78 is 0. The predicted octanol–water partition coefficient (Wildman–Crippen LogP) is 3.35. The van der Waals surface area contributed by atoms with E-state index in [4.69, 9.17) is 0 Å². The molecule has 0 bridgehead atoms. The summed E-state index contributed by atoms with van der Waals surface area (Å²) in [4.78, 5) is 0. The molecule has 2 nitrogen and oxygen atoms in total. The van der Waals surface area contributed by atoms with Crippen LogP contribution in [-0.2, 0) is 0 Å². The lowest BCUT2D eigenvalue weighted by atomic mass is 9.68. The molecule has 18 heavy (non-hydrogen) atoms. The molecule has 2 heteroatoms. The maximum absolute atomic E-state index is 10.1. The van der Waals surface area contributed by atoms with Crippen molar-refractivity contribution < 1.29 is 10.2 Å². The van der Waals surface area contributed by atoms with Crippen LogP contribution in [0.1, 0.15) is 38.2 Å². The van der Waals surface area contributed by atoms with Crippen molar-refractivity contribution in [3.8, 4) is 5.75 Å². The van der Waals surface area contributed by atoms with Crippen molar-refractivity contribution in [1.29, 1.82) is 0 Å². The summed E-state index contributed by atoms with van der Waals surface area (Å²) in [6, 6.07) is 7.45. The van der Waals surface area contributed by atoms with Crippen molar-refractivity contribution in [2.45, 2.75) is 38.7 Å². The highest BCUT2D eigenvalue weighted by Crippen LogP contribution is 2.52. The molecule has 0 saturated heterocycles. The van der Waals surface area contributed by atoms with E-state index in [9.17, 15) is 10.2 Å². The Morgan fingerprint density at radius 2 is 1.89 bits per heavy atom. The molecule has 0 amide bonds. The molecule has 0 radical (unpaired) electrons. The number of phenols is 1. The SMILES string of the molecule is C[C@]12CC=C(c3ccc(O)cc3)CC1CC[C@@H]2O. The Kier molecular flexibility index (Phi) is 2.70. The third kappa shape index (κ3) is 1.76. The lowest BCUT2D eigenvalue weighted by Crippen LogP contribution is -2.34. The number of benzene rings is 1. The fourth-order valence-corrected chi connectivity index (χ4v) is 3.53. The number of phenolic OH excluding ortho intramolecular Hbond substituents is 1. The van der Waals surface area contributed by atoms with Gasteiger partial charge in [-0.2, -0.15) is 0 Å². The minimum Gasteiger partial charge on any atom is -0.508 e. The van der Waals surface area contributed by atoms with E-state index in [0.717, 1.165) is 25.7 Å². The lowest BCUT2D eigenvalue weighted by molar-refractivity contribution is 0.0400. The number of hydrogen-bond donors (Lipinski definition) is 2. The van der Waals surface area contributed by atoms with E-state index < -0.39 is 0 Å². The Morgan fingerprint density at radius 3 is 2.61 bits per heavy atom. The van der Waals surface area contributed by atoms with E-state index >= 15 is 0 Å². The number of fused-ring (bicyclic) bond motifs is 1. The minimum absolute atomic E-state index is 0.0837. The zero-order valence-corrected chi connectivity index (χ0v) is 10.8. The quantitative estimate of drug-likeness (QED) is 0.795. The third-order valence-corrected chi connectivity index (χ3v) is 4.98. The summed E-state index contributed by atoms with van der Waals surface area (Å²) in [5.41, 5.74) is 2.66. The first-order valence-corrected chi connectivity index (χ1v) is 6.76. The van der Waals surface area contributed by atoms with E-state index in [1.165, 1.54) is 11.1 Å². The van der Waals surface area contributed by atoms with E-state index in [1.807, 2.05) is 12.1 Å². The average molecular weight is 244 g/mol. The first-order chi connectivity index (χ1) is 8.59. The second kappa shape index (κ2) is 4.13. The number of hydrogen-bond acceptors (Lipinski definition) is 2. The molecular formula is C16H20O2. The van der Waals surface area contributed by atoms with Crippen LogP contribution in [0.15, 0.2) is 30.3 Å². The molecule has 96 valence electrons. The fourth-order valence-electron chi connectivity index (χ4n) is 3.53. The van der Waals surface area contributed by atoms with E-state index in [-0.39, 0.29) is 11.5 Å². The van der Waals surface area contributed by atoms with E-state index in [2.05, 4.69) is 13.0 Å². The van der Waals surface area contributed by atoms with Gasteiger partial charge in [0, 0.05) is 5.41 Å². The van der Waals surface area contributed by atoms with Crippen LogP contribution >= 0.6 is 0 Å². The largest absolute Gasteiger partial charge is 0.508 e. The van der Waals surface area contributed by atoms with Crippen LogP contribution in [0.2, 0.25) is 0 Å². The summed E-state index contributed by atoms with van der Waals surface area (Å²) in [5.74, 6) is 0.914. The Balaban J connectivity index is 1.87. The maximum Gasteiger partial charge on any atom is 0.115 e. The number of aliphatic hydroxyl groups excluding tert-OH is 1. The summed E-state index contributed by atoms with van der Waals surface area (Å²) in [7, 11) is 0. The Bertz CT molecular complexity index is 474. The fraction of sp³-hybridized carbons (Fsp3) is 0.500. The van der Waals surface area contributed by atoms with E-state index in [0.29, 0.717) is 11.7 Å². The molecule has 2 aliphatic carbocycles. The zero-order valence-electron chi connectivity index (χ0n) is 10.8. The monoisotopic (exact) mass is 244 g/mol. The average Bonchev–Trinajstić information content (AvgIpc) is 2.66. The molecule has 1 fully saturated rings. The van der Waals surface area contributed by atoms with Gasteiger partial charge in [-0.15, -0.1) is 0 Å². The standard InChI is InChI=1S/C16H20O2/c1-16-9-8-12(10-13(16)4-7-15(16)18)11-2-5-14(17)6-3-11/h2-3,5-6,8,13,15,17-18H,4,7,9-10H2,1H3/t13?,15-,16-/m0/s1. The van der Waals surface area contributed by atoms with Crippen LogP contribution in [0.25, 0.3) is 5.57 Å². The minimum atomic E-state index is -0.139. The van der Waals surface area contributed by atoms with Crippen LogP contribution in [0.4, 0.5) is 0 Å². The van der Waals surface area contributed by atoms with Gasteiger partial charge < -0.3 is 10.2 Å². The van der Waals surface area contributed by atoms with Gasteiger partial charge in [-0.05, 0) is 54.9 Å². The molecule has 0 heterocycles. The van der Waals surface area contributed by atoms with Gasteiger partial charge in [-0.3, -0.25) is 0 Å². The van der Waals surface area contributed by atoms with Crippen molar-refractivity contribution in [3.05, 3.63) is 35.9 Å². The molecule has 2 N–H and O–H groups in total. The first kappa shape index (κ1) is 11.8. The smallest absolute Gasteiger partial charge is 0.115 e. The summed E-state index contributed by atoms with van der Waals surface area (Å²) in [6.45, 7) is 2.22. The zero-order chi connectivity index (χ0) is 12.8. The molecule has 0 aromatic heterocycles. The highest BCUT2D eigenvalue weighted by Gasteiger charge is 2.46. The normalized spacial score (nSPS) is 35.1. The molecular weight excluding hydrogens is 224 g/mol. The molecule has 1 saturated carbocycles. The van der Waals surface area contributed by atoms with Crippen molar-refractivity contribution in [2.24, 2.45) is 11.3 Å². The summed E-state index contributed by atoms with van der Waals surface area (Å²) in [5, 5.41) is 19.4. The Morgan fingerprint density at radius 1 is 1.17 bits per heavy atom. The van der Waals surface area contributed by atoms with Crippen molar-refractivity contribution >= 4 is 5.57 Å². The van der Waals surface area contributed by atoms with E-state index in [1.54, 1.807) is 12.1 Å². The van der Waals surface area contributed by atoms with Gasteiger partial charge in [0.25, 0.3) is 0 Å². The third-order valence-electron chi connectivity index (χ3n) is 4.98. The molecule has 1 aromatic rings. The topological polar surface area (TPSA) is 40.5 Å². The second-order valence-electron chi connectivity index (χ2n) is 5.98. The van der Waals surface area contributed by atoms with Crippen LogP contribution in [0.5, 0.6) is 5.75 Å². The number of aliphatic hydroxyl groups is 1. The molecule has 3 rings (SSSR count). The van der Waals surface area contributed by atoms with Gasteiger partial charge in [0.05, 0.1) is 6.10 Å². The number of allylic oxidation sites excluding steroid dienone is 2. The van der Waals surface area contributed by atoms with Crippen LogP contribution in [-0.4, -0.2) is 16.3 Å². The van der Waals surface area contributed by atoms with Gasteiger partial charge in [0.2, 0.25) is 0 Å². The van der Waals surface area contributed by atoms with Gasteiger partial charge in [0.1, 0.15) is 5.75 Å². The molecule has 1 unspecified atom stereocenters. The molecule has 3 atom stereocenters. The van der Waals surface area contributed by atoms with Crippen LogP contribution in [0.3, 0.4) is 0 Å². The predicted molar refractivity (Wildman–Crippen MR) is 72.2 cm³/mol. The van der Waals surface area contributed by atoms with Gasteiger partial charge in [-0.1, -0.05) is 25.1 Å². The van der Waals surface area contributed by atoms with Crippen LogP contribution in [0, 0.1) is 11.3 Å². The summed E-state index contributed by atoms with van der Waals surface area (Å²) >= 11 is 0. The number of rotatable bonds is 1. The molecule has 0 spiro atoms. The van der Waals surface area contributed by atoms with Crippen LogP contribution < -0.4 is 0 Å². The molecule has 0 aliphatic heterocycles. The number of aromatic hydroxyl groups is 1. The van der Waals surface area contributed by atoms with Gasteiger partial charge in [-0.25, -0.2) is 0 Å².